The Bertz CT molecular complexity index is 277. The number of hydrogen-bond acceptors (Lipinski definition) is 3. The molecule has 1 aliphatic heterocycles. The SMILES string of the molecule is Cc1ccsc1CNCC1CCCN1. The van der Waals surface area contributed by atoms with Crippen molar-refractivity contribution in [2.24, 2.45) is 0 Å². The molecule has 1 fully saturated rings. The fourth-order valence-corrected chi connectivity index (χ4v) is 2.75. The van der Waals surface area contributed by atoms with E-state index in [9.17, 15) is 0 Å². The van der Waals surface area contributed by atoms with Gasteiger partial charge in [0, 0.05) is 24.0 Å². The molecule has 0 aliphatic carbocycles. The van der Waals surface area contributed by atoms with Crippen LogP contribution >= 0.6 is 11.3 Å². The number of nitrogens with one attached hydrogen (secondary N) is 2. The minimum Gasteiger partial charge on any atom is -0.313 e. The van der Waals surface area contributed by atoms with Gasteiger partial charge in [-0.2, -0.15) is 0 Å². The summed E-state index contributed by atoms with van der Waals surface area (Å²) in [6, 6.07) is 2.89. The van der Waals surface area contributed by atoms with Crippen LogP contribution in [0.1, 0.15) is 23.3 Å². The molecule has 0 spiro atoms. The fourth-order valence-electron chi connectivity index (χ4n) is 1.88. The molecule has 1 aliphatic rings. The monoisotopic (exact) mass is 210 g/mol. The summed E-state index contributed by atoms with van der Waals surface area (Å²) >= 11 is 1.85. The minimum atomic E-state index is 0.704. The highest BCUT2D eigenvalue weighted by Gasteiger charge is 2.12. The van der Waals surface area contributed by atoms with E-state index in [1.54, 1.807) is 0 Å². The van der Waals surface area contributed by atoms with E-state index in [1.165, 1.54) is 29.8 Å². The molecule has 1 aromatic heterocycles. The van der Waals surface area contributed by atoms with Gasteiger partial charge < -0.3 is 10.6 Å². The van der Waals surface area contributed by atoms with E-state index in [2.05, 4.69) is 29.0 Å². The van der Waals surface area contributed by atoms with Crippen LogP contribution in [-0.2, 0) is 6.54 Å². The van der Waals surface area contributed by atoms with Gasteiger partial charge in [-0.05, 0) is 43.3 Å². The maximum Gasteiger partial charge on any atom is 0.0303 e. The van der Waals surface area contributed by atoms with E-state index in [4.69, 9.17) is 0 Å². The van der Waals surface area contributed by atoms with Crippen LogP contribution in [0.3, 0.4) is 0 Å². The van der Waals surface area contributed by atoms with Gasteiger partial charge in [0.1, 0.15) is 0 Å². The molecular formula is C11H18N2S. The molecule has 0 bridgehead atoms. The summed E-state index contributed by atoms with van der Waals surface area (Å²) in [5, 5.41) is 9.18. The van der Waals surface area contributed by atoms with Gasteiger partial charge in [0.25, 0.3) is 0 Å². The second-order valence-corrected chi connectivity index (χ2v) is 4.95. The summed E-state index contributed by atoms with van der Waals surface area (Å²) < 4.78 is 0. The Kier molecular flexibility index (Phi) is 3.56. The van der Waals surface area contributed by atoms with E-state index in [0.29, 0.717) is 6.04 Å². The Morgan fingerprint density at radius 2 is 2.57 bits per heavy atom. The van der Waals surface area contributed by atoms with Gasteiger partial charge in [-0.3, -0.25) is 0 Å². The van der Waals surface area contributed by atoms with Crippen LogP contribution in [0.2, 0.25) is 0 Å². The molecule has 0 amide bonds. The van der Waals surface area contributed by atoms with Crippen LogP contribution in [-0.4, -0.2) is 19.1 Å². The zero-order valence-electron chi connectivity index (χ0n) is 8.68. The molecule has 1 saturated heterocycles. The van der Waals surface area contributed by atoms with Crippen molar-refractivity contribution in [2.45, 2.75) is 32.4 Å². The molecule has 0 radical (unpaired) electrons. The van der Waals surface area contributed by atoms with E-state index in [1.807, 2.05) is 11.3 Å². The first-order valence-corrected chi connectivity index (χ1v) is 6.21. The summed E-state index contributed by atoms with van der Waals surface area (Å²) in [5.41, 5.74) is 1.42. The van der Waals surface area contributed by atoms with Crippen LogP contribution in [0.15, 0.2) is 11.4 Å². The lowest BCUT2D eigenvalue weighted by atomic mass is 10.2. The third-order valence-electron chi connectivity index (χ3n) is 2.81. The summed E-state index contributed by atoms with van der Waals surface area (Å²) in [6.45, 7) is 5.52. The molecule has 2 rings (SSSR count). The normalized spacial score (nSPS) is 21.6. The highest BCUT2D eigenvalue weighted by molar-refractivity contribution is 7.10. The first-order valence-electron chi connectivity index (χ1n) is 5.33. The quantitative estimate of drug-likeness (QED) is 0.793. The van der Waals surface area contributed by atoms with Crippen molar-refractivity contribution in [3.05, 3.63) is 21.9 Å². The first kappa shape index (κ1) is 10.1. The number of rotatable bonds is 4. The van der Waals surface area contributed by atoms with Crippen molar-refractivity contribution < 1.29 is 0 Å². The Labute approximate surface area is 89.7 Å². The molecule has 0 saturated carbocycles. The molecule has 3 heteroatoms. The van der Waals surface area contributed by atoms with Crippen molar-refractivity contribution in [3.8, 4) is 0 Å². The lowest BCUT2D eigenvalue weighted by Gasteiger charge is -2.10. The Morgan fingerprint density at radius 1 is 1.64 bits per heavy atom. The summed E-state index contributed by atoms with van der Waals surface area (Å²) in [7, 11) is 0. The van der Waals surface area contributed by atoms with Crippen molar-refractivity contribution >= 4 is 11.3 Å². The van der Waals surface area contributed by atoms with Gasteiger partial charge >= 0.3 is 0 Å². The van der Waals surface area contributed by atoms with Crippen molar-refractivity contribution in [1.82, 2.24) is 10.6 Å². The van der Waals surface area contributed by atoms with Crippen LogP contribution < -0.4 is 10.6 Å². The first-order chi connectivity index (χ1) is 6.86. The number of aryl methyl sites for hydroxylation is 1. The van der Waals surface area contributed by atoms with E-state index in [0.717, 1.165) is 13.1 Å². The maximum atomic E-state index is 3.52. The standard InChI is InChI=1S/C11H18N2S/c1-9-4-6-14-11(9)8-12-7-10-3-2-5-13-10/h4,6,10,12-13H,2-3,5,7-8H2,1H3. The molecule has 2 heterocycles. The Hall–Kier alpha value is -0.380. The van der Waals surface area contributed by atoms with Gasteiger partial charge in [-0.15, -0.1) is 11.3 Å². The second kappa shape index (κ2) is 4.91. The summed E-state index contributed by atoms with van der Waals surface area (Å²) in [6.07, 6.45) is 2.67. The highest BCUT2D eigenvalue weighted by atomic mass is 32.1. The van der Waals surface area contributed by atoms with Gasteiger partial charge in [0.05, 0.1) is 0 Å². The van der Waals surface area contributed by atoms with Crippen LogP contribution in [0.4, 0.5) is 0 Å². The van der Waals surface area contributed by atoms with Crippen LogP contribution in [0.5, 0.6) is 0 Å². The van der Waals surface area contributed by atoms with Crippen molar-refractivity contribution in [1.29, 1.82) is 0 Å². The average molecular weight is 210 g/mol. The highest BCUT2D eigenvalue weighted by Crippen LogP contribution is 2.14. The second-order valence-electron chi connectivity index (χ2n) is 3.95. The van der Waals surface area contributed by atoms with E-state index in [-0.39, 0.29) is 0 Å². The lowest BCUT2D eigenvalue weighted by Crippen LogP contribution is -2.33. The fraction of sp³-hybridized carbons (Fsp3) is 0.636. The topological polar surface area (TPSA) is 24.1 Å². The third kappa shape index (κ3) is 2.56. The summed E-state index contributed by atoms with van der Waals surface area (Å²) in [4.78, 5) is 1.47. The van der Waals surface area contributed by atoms with Gasteiger partial charge in [-0.25, -0.2) is 0 Å². The maximum absolute atomic E-state index is 3.52. The third-order valence-corrected chi connectivity index (χ3v) is 3.83. The minimum absolute atomic E-state index is 0.704. The number of thiophene rings is 1. The zero-order valence-corrected chi connectivity index (χ0v) is 9.49. The van der Waals surface area contributed by atoms with E-state index >= 15 is 0 Å². The molecule has 14 heavy (non-hydrogen) atoms. The van der Waals surface area contributed by atoms with Crippen molar-refractivity contribution in [2.75, 3.05) is 13.1 Å². The van der Waals surface area contributed by atoms with E-state index < -0.39 is 0 Å². The van der Waals surface area contributed by atoms with Gasteiger partial charge in [0.2, 0.25) is 0 Å². The van der Waals surface area contributed by atoms with Crippen LogP contribution in [0.25, 0.3) is 0 Å². The predicted molar refractivity (Wildman–Crippen MR) is 61.8 cm³/mol. The van der Waals surface area contributed by atoms with Gasteiger partial charge in [-0.1, -0.05) is 0 Å². The largest absolute Gasteiger partial charge is 0.313 e. The summed E-state index contributed by atoms with van der Waals surface area (Å²) in [5.74, 6) is 0. The Morgan fingerprint density at radius 3 is 3.21 bits per heavy atom. The lowest BCUT2D eigenvalue weighted by molar-refractivity contribution is 0.537. The molecule has 1 unspecified atom stereocenters. The molecule has 1 atom stereocenters. The van der Waals surface area contributed by atoms with Crippen molar-refractivity contribution in [3.63, 3.8) is 0 Å². The molecule has 1 aromatic rings. The molecule has 2 nitrogen and oxygen atoms in total. The smallest absolute Gasteiger partial charge is 0.0303 e. The molecule has 78 valence electrons. The molecular weight excluding hydrogens is 192 g/mol. The number of hydrogen-bond donors (Lipinski definition) is 2. The zero-order chi connectivity index (χ0) is 9.80. The van der Waals surface area contributed by atoms with Crippen LogP contribution in [0, 0.1) is 6.92 Å². The Balaban J connectivity index is 1.70. The average Bonchev–Trinajstić information content (AvgIpc) is 2.78. The van der Waals surface area contributed by atoms with Gasteiger partial charge in [0.15, 0.2) is 0 Å². The molecule has 2 N–H and O–H groups in total. The predicted octanol–water partition coefficient (Wildman–Crippen LogP) is 1.90. The molecule has 0 aromatic carbocycles.